The molecule has 2 N–H and O–H groups in total. The van der Waals surface area contributed by atoms with E-state index in [1.165, 1.54) is 0 Å². The number of nitrogens with zero attached hydrogens (tertiary/aromatic N) is 1. The number of benzene rings is 1. The van der Waals surface area contributed by atoms with Crippen LogP contribution in [0.1, 0.15) is 25.8 Å². The molecule has 92 valence electrons. The number of amides is 1. The molecule has 1 saturated heterocycles. The van der Waals surface area contributed by atoms with Gasteiger partial charge >= 0.3 is 0 Å². The maximum atomic E-state index is 12.0. The Morgan fingerprint density at radius 1 is 1.47 bits per heavy atom. The normalized spacial score (nSPS) is 23.2. The molecule has 1 aromatic carbocycles. The molecule has 1 fully saturated rings. The summed E-state index contributed by atoms with van der Waals surface area (Å²) in [7, 11) is 0. The lowest BCUT2D eigenvalue weighted by Gasteiger charge is -2.34. The monoisotopic (exact) mass is 252 g/mol. The molecule has 17 heavy (non-hydrogen) atoms. The lowest BCUT2D eigenvalue weighted by Crippen LogP contribution is -2.49. The first-order valence-corrected chi connectivity index (χ1v) is 6.06. The van der Waals surface area contributed by atoms with Gasteiger partial charge in [0.1, 0.15) is 0 Å². The molecule has 2 rings (SSSR count). The van der Waals surface area contributed by atoms with Gasteiger partial charge in [-0.2, -0.15) is 0 Å². The lowest BCUT2D eigenvalue weighted by atomic mass is 9.96. The fraction of sp³-hybridized carbons (Fsp3) is 0.462. The third-order valence-corrected chi connectivity index (χ3v) is 3.95. The molecule has 1 aliphatic heterocycles. The Labute approximate surface area is 107 Å². The van der Waals surface area contributed by atoms with E-state index < -0.39 is 0 Å². The molecule has 0 saturated carbocycles. The van der Waals surface area contributed by atoms with Crippen LogP contribution in [0.3, 0.4) is 0 Å². The van der Waals surface area contributed by atoms with Gasteiger partial charge in [0.25, 0.3) is 0 Å². The zero-order chi connectivity index (χ0) is 12.8. The van der Waals surface area contributed by atoms with Gasteiger partial charge in [0.2, 0.25) is 5.91 Å². The first-order valence-electron chi connectivity index (χ1n) is 5.69. The van der Waals surface area contributed by atoms with Crippen molar-refractivity contribution in [2.45, 2.75) is 38.8 Å². The number of carbonyl (C=O) groups is 1. The Hall–Kier alpha value is -1.06. The van der Waals surface area contributed by atoms with Gasteiger partial charge < -0.3 is 10.6 Å². The van der Waals surface area contributed by atoms with Crippen LogP contribution in [-0.4, -0.2) is 17.5 Å². The predicted octanol–water partition coefficient (Wildman–Crippen LogP) is 2.49. The molecule has 0 aliphatic carbocycles. The van der Waals surface area contributed by atoms with Gasteiger partial charge in [-0.05, 0) is 38.5 Å². The van der Waals surface area contributed by atoms with Gasteiger partial charge in [0.15, 0.2) is 0 Å². The molecule has 0 aromatic heterocycles. The standard InChI is InChI=1S/C13H17ClN2O/c1-8-4-5-9(6-10(8)14)16-12(17)7-11(15)13(16,2)3/h4-6,11H,7,15H2,1-3H3. The van der Waals surface area contributed by atoms with Crippen LogP contribution in [0, 0.1) is 6.92 Å². The molecule has 3 nitrogen and oxygen atoms in total. The summed E-state index contributed by atoms with van der Waals surface area (Å²) in [5.74, 6) is 0.0578. The number of carbonyl (C=O) groups excluding carboxylic acids is 1. The Morgan fingerprint density at radius 2 is 2.12 bits per heavy atom. The molecule has 1 unspecified atom stereocenters. The topological polar surface area (TPSA) is 46.3 Å². The van der Waals surface area contributed by atoms with Crippen LogP contribution in [0.2, 0.25) is 5.02 Å². The highest BCUT2D eigenvalue weighted by Crippen LogP contribution is 2.35. The second-order valence-corrected chi connectivity index (χ2v) is 5.53. The van der Waals surface area contributed by atoms with E-state index >= 15 is 0 Å². The maximum absolute atomic E-state index is 12.0. The van der Waals surface area contributed by atoms with E-state index in [9.17, 15) is 4.79 Å². The predicted molar refractivity (Wildman–Crippen MR) is 70.3 cm³/mol. The van der Waals surface area contributed by atoms with Crippen LogP contribution in [0.15, 0.2) is 18.2 Å². The van der Waals surface area contributed by atoms with Crippen molar-refractivity contribution in [2.75, 3.05) is 4.90 Å². The van der Waals surface area contributed by atoms with Crippen LogP contribution >= 0.6 is 11.6 Å². The van der Waals surface area contributed by atoms with Gasteiger partial charge in [-0.1, -0.05) is 17.7 Å². The highest BCUT2D eigenvalue weighted by Gasteiger charge is 2.45. The minimum Gasteiger partial charge on any atom is -0.325 e. The van der Waals surface area contributed by atoms with Gasteiger partial charge in [-0.25, -0.2) is 0 Å². The lowest BCUT2D eigenvalue weighted by molar-refractivity contribution is -0.117. The minimum absolute atomic E-state index is 0.0578. The summed E-state index contributed by atoms with van der Waals surface area (Å²) in [5, 5.41) is 0.673. The second-order valence-electron chi connectivity index (χ2n) is 5.13. The van der Waals surface area contributed by atoms with Crippen molar-refractivity contribution in [3.8, 4) is 0 Å². The van der Waals surface area contributed by atoms with Crippen molar-refractivity contribution >= 4 is 23.2 Å². The van der Waals surface area contributed by atoms with E-state index in [1.807, 2.05) is 39.0 Å². The Bertz CT molecular complexity index is 470. The number of hydrogen-bond acceptors (Lipinski definition) is 2. The number of hydrogen-bond donors (Lipinski definition) is 1. The van der Waals surface area contributed by atoms with E-state index in [4.69, 9.17) is 17.3 Å². The van der Waals surface area contributed by atoms with Gasteiger partial charge in [0, 0.05) is 23.2 Å². The average Bonchev–Trinajstić information content (AvgIpc) is 2.42. The largest absolute Gasteiger partial charge is 0.325 e. The Kier molecular flexibility index (Phi) is 2.92. The average molecular weight is 253 g/mol. The van der Waals surface area contributed by atoms with E-state index in [-0.39, 0.29) is 17.5 Å². The number of anilines is 1. The molecule has 0 spiro atoms. The van der Waals surface area contributed by atoms with Crippen molar-refractivity contribution < 1.29 is 4.79 Å². The smallest absolute Gasteiger partial charge is 0.229 e. The molecular formula is C13H17ClN2O. The van der Waals surface area contributed by atoms with Gasteiger partial charge in [0.05, 0.1) is 5.54 Å². The van der Waals surface area contributed by atoms with Crippen molar-refractivity contribution in [3.63, 3.8) is 0 Å². The zero-order valence-corrected chi connectivity index (χ0v) is 11.1. The molecule has 0 bridgehead atoms. The highest BCUT2D eigenvalue weighted by atomic mass is 35.5. The molecule has 1 atom stereocenters. The molecule has 4 heteroatoms. The van der Waals surface area contributed by atoms with E-state index in [2.05, 4.69) is 0 Å². The van der Waals surface area contributed by atoms with E-state index in [1.54, 1.807) is 4.90 Å². The zero-order valence-electron chi connectivity index (χ0n) is 10.3. The van der Waals surface area contributed by atoms with Crippen LogP contribution in [-0.2, 0) is 4.79 Å². The Balaban J connectivity index is 2.45. The summed E-state index contributed by atoms with van der Waals surface area (Å²) in [6, 6.07) is 5.52. The summed E-state index contributed by atoms with van der Waals surface area (Å²) in [6.07, 6.45) is 0.387. The SMILES string of the molecule is Cc1ccc(N2C(=O)CC(N)C2(C)C)cc1Cl. The third-order valence-electron chi connectivity index (χ3n) is 3.54. The van der Waals surface area contributed by atoms with Crippen LogP contribution in [0.25, 0.3) is 0 Å². The summed E-state index contributed by atoms with van der Waals surface area (Å²) in [4.78, 5) is 13.8. The second kappa shape index (κ2) is 4.00. The van der Waals surface area contributed by atoms with Crippen LogP contribution in [0.5, 0.6) is 0 Å². The summed E-state index contributed by atoms with van der Waals surface area (Å²) >= 11 is 6.10. The van der Waals surface area contributed by atoms with Crippen molar-refractivity contribution in [3.05, 3.63) is 28.8 Å². The Morgan fingerprint density at radius 3 is 2.59 bits per heavy atom. The molecule has 1 aliphatic rings. The third kappa shape index (κ3) is 1.94. The number of rotatable bonds is 1. The fourth-order valence-electron chi connectivity index (χ4n) is 2.21. The molecule has 1 aromatic rings. The first-order chi connectivity index (χ1) is 7.84. The van der Waals surface area contributed by atoms with Crippen LogP contribution < -0.4 is 10.6 Å². The fourth-order valence-corrected chi connectivity index (χ4v) is 2.39. The van der Waals surface area contributed by atoms with Gasteiger partial charge in [-0.3, -0.25) is 4.79 Å². The minimum atomic E-state index is -0.365. The summed E-state index contributed by atoms with van der Waals surface area (Å²) in [6.45, 7) is 5.90. The van der Waals surface area contributed by atoms with Gasteiger partial charge in [-0.15, -0.1) is 0 Å². The maximum Gasteiger partial charge on any atom is 0.229 e. The molecule has 0 radical (unpaired) electrons. The highest BCUT2D eigenvalue weighted by molar-refractivity contribution is 6.31. The number of nitrogens with two attached hydrogens (primary N) is 1. The van der Waals surface area contributed by atoms with Crippen LogP contribution in [0.4, 0.5) is 5.69 Å². The quantitative estimate of drug-likeness (QED) is 0.835. The summed E-state index contributed by atoms with van der Waals surface area (Å²) < 4.78 is 0. The number of halogens is 1. The molecule has 1 amide bonds. The summed E-state index contributed by atoms with van der Waals surface area (Å²) in [5.41, 5.74) is 7.46. The van der Waals surface area contributed by atoms with Crippen molar-refractivity contribution in [1.29, 1.82) is 0 Å². The number of aryl methyl sites for hydroxylation is 1. The molecular weight excluding hydrogens is 236 g/mol. The van der Waals surface area contributed by atoms with Crippen molar-refractivity contribution in [2.24, 2.45) is 5.73 Å². The van der Waals surface area contributed by atoms with E-state index in [0.29, 0.717) is 11.4 Å². The van der Waals surface area contributed by atoms with Crippen molar-refractivity contribution in [1.82, 2.24) is 0 Å². The van der Waals surface area contributed by atoms with E-state index in [0.717, 1.165) is 11.3 Å². The first kappa shape index (κ1) is 12.4. The molecule has 1 heterocycles.